The zero-order valence-corrected chi connectivity index (χ0v) is 12.4. The van der Waals surface area contributed by atoms with Gasteiger partial charge in [-0.2, -0.15) is 0 Å². The molecule has 0 saturated carbocycles. The molecule has 1 unspecified atom stereocenters. The van der Waals surface area contributed by atoms with E-state index in [1.54, 1.807) is 0 Å². The highest BCUT2D eigenvalue weighted by atomic mass is 16.4. The van der Waals surface area contributed by atoms with Crippen LogP contribution in [0.1, 0.15) is 51.9 Å². The van der Waals surface area contributed by atoms with Crippen molar-refractivity contribution in [1.82, 2.24) is 15.8 Å². The first-order valence-corrected chi connectivity index (χ1v) is 7.63. The number of rotatable bonds is 8. The molecule has 116 valence electrons. The molecule has 0 aromatic carbocycles. The predicted molar refractivity (Wildman–Crippen MR) is 77.2 cm³/mol. The second kappa shape index (κ2) is 9.58. The van der Waals surface area contributed by atoms with Crippen LogP contribution < -0.4 is 10.7 Å². The summed E-state index contributed by atoms with van der Waals surface area (Å²) in [6.07, 6.45) is 6.17. The summed E-state index contributed by atoms with van der Waals surface area (Å²) in [6.45, 7) is 4.49. The Bertz CT molecular complexity index is 304. The number of carbonyl (C=O) groups excluding carboxylic acids is 1. The van der Waals surface area contributed by atoms with Crippen molar-refractivity contribution < 1.29 is 14.7 Å². The smallest absolute Gasteiger partial charge is 0.329 e. The lowest BCUT2D eigenvalue weighted by Crippen LogP contribution is -2.49. The van der Waals surface area contributed by atoms with Gasteiger partial charge in [0.25, 0.3) is 0 Å². The number of hydrogen-bond acceptors (Lipinski definition) is 3. The van der Waals surface area contributed by atoms with E-state index in [0.717, 1.165) is 38.8 Å². The summed E-state index contributed by atoms with van der Waals surface area (Å²) in [5.74, 6) is -0.388. The van der Waals surface area contributed by atoms with E-state index < -0.39 is 5.97 Å². The van der Waals surface area contributed by atoms with Crippen LogP contribution in [0, 0.1) is 5.92 Å². The van der Waals surface area contributed by atoms with Crippen LogP contribution in [0.15, 0.2) is 0 Å². The Morgan fingerprint density at radius 1 is 1.20 bits per heavy atom. The number of carbonyl (C=O) groups is 2. The van der Waals surface area contributed by atoms with Crippen LogP contribution in [0.2, 0.25) is 0 Å². The third-order valence-corrected chi connectivity index (χ3v) is 3.80. The summed E-state index contributed by atoms with van der Waals surface area (Å²) in [6, 6.07) is -0.153. The lowest BCUT2D eigenvalue weighted by Gasteiger charge is -2.27. The molecule has 0 aliphatic carbocycles. The van der Waals surface area contributed by atoms with Crippen LogP contribution in [0.4, 0.5) is 4.79 Å². The van der Waals surface area contributed by atoms with Crippen molar-refractivity contribution in [3.63, 3.8) is 0 Å². The molecule has 1 saturated heterocycles. The normalized spacial score (nSPS) is 17.4. The maximum absolute atomic E-state index is 11.7. The van der Waals surface area contributed by atoms with E-state index >= 15 is 0 Å². The highest BCUT2D eigenvalue weighted by molar-refractivity contribution is 5.73. The van der Waals surface area contributed by atoms with Crippen molar-refractivity contribution in [2.75, 3.05) is 19.6 Å². The number of piperidine rings is 1. The predicted octanol–water partition coefficient (Wildman–Crippen LogP) is 1.97. The molecule has 3 N–H and O–H groups in total. The van der Waals surface area contributed by atoms with E-state index in [1.807, 2.05) is 5.01 Å². The van der Waals surface area contributed by atoms with Crippen LogP contribution in [0.25, 0.3) is 0 Å². The first-order chi connectivity index (χ1) is 9.61. The first kappa shape index (κ1) is 16.8. The number of nitrogens with one attached hydrogen (secondary N) is 2. The van der Waals surface area contributed by atoms with E-state index in [4.69, 9.17) is 5.11 Å². The van der Waals surface area contributed by atoms with Crippen LogP contribution in [0.5, 0.6) is 0 Å². The van der Waals surface area contributed by atoms with E-state index in [9.17, 15) is 9.59 Å². The van der Waals surface area contributed by atoms with E-state index in [2.05, 4.69) is 17.7 Å². The summed E-state index contributed by atoms with van der Waals surface area (Å²) >= 11 is 0. The van der Waals surface area contributed by atoms with Gasteiger partial charge in [0.1, 0.15) is 0 Å². The van der Waals surface area contributed by atoms with E-state index in [1.165, 1.54) is 6.42 Å². The molecule has 1 aliphatic rings. The SMILES string of the molecule is CCC(CCNC(=O)NN1CCCCC1)CCC(=O)O. The molecule has 1 aliphatic heterocycles. The number of amides is 2. The van der Waals surface area contributed by atoms with Crippen molar-refractivity contribution in [3.05, 3.63) is 0 Å². The van der Waals surface area contributed by atoms with Gasteiger partial charge in [0, 0.05) is 26.1 Å². The molecular formula is C14H27N3O3. The number of hydrogen-bond donors (Lipinski definition) is 3. The Morgan fingerprint density at radius 3 is 2.50 bits per heavy atom. The van der Waals surface area contributed by atoms with Gasteiger partial charge in [0.05, 0.1) is 0 Å². The number of aliphatic carboxylic acids is 1. The number of urea groups is 1. The minimum atomic E-state index is -0.751. The largest absolute Gasteiger partial charge is 0.481 e. The molecule has 1 atom stereocenters. The highest BCUT2D eigenvalue weighted by Gasteiger charge is 2.13. The minimum Gasteiger partial charge on any atom is -0.481 e. The first-order valence-electron chi connectivity index (χ1n) is 7.63. The maximum Gasteiger partial charge on any atom is 0.329 e. The zero-order valence-electron chi connectivity index (χ0n) is 12.4. The van der Waals surface area contributed by atoms with Gasteiger partial charge in [-0.15, -0.1) is 0 Å². The van der Waals surface area contributed by atoms with Gasteiger partial charge in [0.2, 0.25) is 0 Å². The van der Waals surface area contributed by atoms with Crippen LogP contribution in [-0.4, -0.2) is 41.8 Å². The minimum absolute atomic E-state index is 0.153. The second-order valence-corrected chi connectivity index (χ2v) is 5.41. The van der Waals surface area contributed by atoms with E-state index in [-0.39, 0.29) is 12.5 Å². The van der Waals surface area contributed by atoms with Gasteiger partial charge in [-0.25, -0.2) is 9.80 Å². The van der Waals surface area contributed by atoms with Crippen molar-refractivity contribution in [2.24, 2.45) is 5.92 Å². The Balaban J connectivity index is 2.11. The van der Waals surface area contributed by atoms with Crippen molar-refractivity contribution in [3.8, 4) is 0 Å². The fraction of sp³-hybridized carbons (Fsp3) is 0.857. The molecule has 20 heavy (non-hydrogen) atoms. The lowest BCUT2D eigenvalue weighted by atomic mass is 9.97. The maximum atomic E-state index is 11.7. The standard InChI is InChI=1S/C14H27N3O3/c1-2-12(6-7-13(18)19)8-9-15-14(20)16-17-10-4-3-5-11-17/h12H,2-11H2,1H3,(H,18,19)(H2,15,16,20). The molecule has 0 spiro atoms. The van der Waals surface area contributed by atoms with Crippen LogP contribution >= 0.6 is 0 Å². The third-order valence-electron chi connectivity index (χ3n) is 3.80. The summed E-state index contributed by atoms with van der Waals surface area (Å²) in [4.78, 5) is 22.2. The summed E-state index contributed by atoms with van der Waals surface area (Å²) in [5.41, 5.74) is 2.85. The van der Waals surface area contributed by atoms with Gasteiger partial charge in [-0.3, -0.25) is 10.2 Å². The molecule has 2 amide bonds. The van der Waals surface area contributed by atoms with Gasteiger partial charge >= 0.3 is 12.0 Å². The Morgan fingerprint density at radius 2 is 1.90 bits per heavy atom. The van der Waals surface area contributed by atoms with Crippen molar-refractivity contribution in [2.45, 2.75) is 51.9 Å². The number of nitrogens with zero attached hydrogens (tertiary/aromatic N) is 1. The number of carboxylic acid groups (broad SMARTS) is 1. The zero-order chi connectivity index (χ0) is 14.8. The quantitative estimate of drug-likeness (QED) is 0.637. The van der Waals surface area contributed by atoms with Gasteiger partial charge in [-0.05, 0) is 31.6 Å². The van der Waals surface area contributed by atoms with Crippen LogP contribution in [0.3, 0.4) is 0 Å². The lowest BCUT2D eigenvalue weighted by molar-refractivity contribution is -0.137. The van der Waals surface area contributed by atoms with Crippen molar-refractivity contribution >= 4 is 12.0 Å². The molecule has 1 fully saturated rings. The average molecular weight is 285 g/mol. The highest BCUT2D eigenvalue weighted by Crippen LogP contribution is 2.14. The monoisotopic (exact) mass is 285 g/mol. The molecule has 1 heterocycles. The van der Waals surface area contributed by atoms with Gasteiger partial charge in [-0.1, -0.05) is 19.8 Å². The average Bonchev–Trinajstić information content (AvgIpc) is 2.43. The Hall–Kier alpha value is -1.30. The topological polar surface area (TPSA) is 81.7 Å². The second-order valence-electron chi connectivity index (χ2n) is 5.41. The third kappa shape index (κ3) is 7.33. The van der Waals surface area contributed by atoms with Crippen LogP contribution in [-0.2, 0) is 4.79 Å². The number of hydrazine groups is 1. The van der Waals surface area contributed by atoms with E-state index in [0.29, 0.717) is 18.9 Å². The molecule has 0 aromatic heterocycles. The summed E-state index contributed by atoms with van der Waals surface area (Å²) in [5, 5.41) is 13.5. The molecule has 0 radical (unpaired) electrons. The fourth-order valence-electron chi connectivity index (χ4n) is 2.46. The summed E-state index contributed by atoms with van der Waals surface area (Å²) < 4.78 is 0. The summed E-state index contributed by atoms with van der Waals surface area (Å²) in [7, 11) is 0. The molecule has 1 rings (SSSR count). The number of carboxylic acids is 1. The fourth-order valence-corrected chi connectivity index (χ4v) is 2.46. The molecule has 6 nitrogen and oxygen atoms in total. The molecular weight excluding hydrogens is 258 g/mol. The Labute approximate surface area is 120 Å². The molecule has 0 bridgehead atoms. The molecule has 6 heteroatoms. The van der Waals surface area contributed by atoms with Gasteiger partial charge < -0.3 is 10.4 Å². The van der Waals surface area contributed by atoms with Gasteiger partial charge in [0.15, 0.2) is 0 Å². The Kier molecular flexibility index (Phi) is 8.02. The van der Waals surface area contributed by atoms with Crippen molar-refractivity contribution in [1.29, 1.82) is 0 Å². The molecule has 0 aromatic rings.